The van der Waals surface area contributed by atoms with Crippen molar-refractivity contribution in [3.63, 3.8) is 0 Å². The van der Waals surface area contributed by atoms with Crippen LogP contribution in [0.4, 0.5) is 0 Å². The molecule has 0 fully saturated rings. The van der Waals surface area contributed by atoms with E-state index in [9.17, 15) is 0 Å². The average molecular weight is 247 g/mol. The highest BCUT2D eigenvalue weighted by molar-refractivity contribution is 5.30. The van der Waals surface area contributed by atoms with Crippen LogP contribution in [-0.2, 0) is 6.42 Å². The van der Waals surface area contributed by atoms with E-state index in [0.717, 1.165) is 6.54 Å². The molecule has 0 aliphatic heterocycles. The molecule has 1 atom stereocenters. The first-order chi connectivity index (χ1) is 8.67. The lowest BCUT2D eigenvalue weighted by atomic mass is 9.97. The van der Waals surface area contributed by atoms with Crippen LogP contribution >= 0.6 is 0 Å². The van der Waals surface area contributed by atoms with Crippen LogP contribution in [0.5, 0.6) is 0 Å². The molecule has 0 spiro atoms. The molecule has 0 heterocycles. The summed E-state index contributed by atoms with van der Waals surface area (Å²) in [5.41, 5.74) is 4.34. The minimum Gasteiger partial charge on any atom is -0.314 e. The third-order valence-corrected chi connectivity index (χ3v) is 3.59. The van der Waals surface area contributed by atoms with Gasteiger partial charge >= 0.3 is 0 Å². The largest absolute Gasteiger partial charge is 0.314 e. The molecule has 1 aromatic rings. The highest BCUT2D eigenvalue weighted by Gasteiger charge is 2.08. The van der Waals surface area contributed by atoms with Crippen molar-refractivity contribution in [1.82, 2.24) is 5.32 Å². The second kappa shape index (κ2) is 8.31. The van der Waals surface area contributed by atoms with Gasteiger partial charge in [0.15, 0.2) is 0 Å². The van der Waals surface area contributed by atoms with E-state index in [1.54, 1.807) is 0 Å². The highest BCUT2D eigenvalue weighted by atomic mass is 14.9. The summed E-state index contributed by atoms with van der Waals surface area (Å²) in [5.74, 6) is 0. The Balaban J connectivity index is 2.52. The number of aryl methyl sites for hydroxylation is 3. The summed E-state index contributed by atoms with van der Waals surface area (Å²) in [6.07, 6.45) is 6.26. The van der Waals surface area contributed by atoms with Gasteiger partial charge in [0.2, 0.25) is 0 Å². The molecule has 18 heavy (non-hydrogen) atoms. The number of hydrogen-bond acceptors (Lipinski definition) is 1. The Morgan fingerprint density at radius 2 is 1.83 bits per heavy atom. The van der Waals surface area contributed by atoms with Crippen molar-refractivity contribution in [2.45, 2.75) is 65.8 Å². The van der Waals surface area contributed by atoms with Crippen LogP contribution in [0.3, 0.4) is 0 Å². The summed E-state index contributed by atoms with van der Waals surface area (Å²) >= 11 is 0. The number of benzene rings is 1. The van der Waals surface area contributed by atoms with E-state index >= 15 is 0 Å². The van der Waals surface area contributed by atoms with Crippen LogP contribution < -0.4 is 5.32 Å². The molecule has 1 nitrogen and oxygen atoms in total. The van der Waals surface area contributed by atoms with Gasteiger partial charge in [-0.2, -0.15) is 0 Å². The quantitative estimate of drug-likeness (QED) is 0.717. The molecule has 0 radical (unpaired) electrons. The molecular weight excluding hydrogens is 218 g/mol. The Kier molecular flexibility index (Phi) is 7.04. The van der Waals surface area contributed by atoms with E-state index in [0.29, 0.717) is 6.04 Å². The van der Waals surface area contributed by atoms with Gasteiger partial charge in [0.05, 0.1) is 0 Å². The van der Waals surface area contributed by atoms with Gasteiger partial charge in [-0.1, -0.05) is 44.0 Å². The van der Waals surface area contributed by atoms with Crippen molar-refractivity contribution < 1.29 is 0 Å². The summed E-state index contributed by atoms with van der Waals surface area (Å²) in [7, 11) is 0. The standard InChI is InChI=1S/C17H29N/c1-5-7-17(18-12-6-2)11-10-16-13-14(3)8-9-15(16)4/h8-9,13,17-18H,5-7,10-12H2,1-4H3. The zero-order valence-corrected chi connectivity index (χ0v) is 12.6. The van der Waals surface area contributed by atoms with Crippen LogP contribution in [0.15, 0.2) is 18.2 Å². The van der Waals surface area contributed by atoms with Crippen LogP contribution in [0.25, 0.3) is 0 Å². The van der Waals surface area contributed by atoms with Crippen molar-refractivity contribution in [2.24, 2.45) is 0 Å². The monoisotopic (exact) mass is 247 g/mol. The predicted octanol–water partition coefficient (Wildman–Crippen LogP) is 4.40. The van der Waals surface area contributed by atoms with Crippen LogP contribution in [0.1, 0.15) is 56.2 Å². The number of rotatable bonds is 8. The molecule has 1 rings (SSSR count). The first-order valence-corrected chi connectivity index (χ1v) is 7.46. The Labute approximate surface area is 113 Å². The van der Waals surface area contributed by atoms with Gasteiger partial charge in [0.25, 0.3) is 0 Å². The fourth-order valence-electron chi connectivity index (χ4n) is 2.44. The minimum atomic E-state index is 0.690. The van der Waals surface area contributed by atoms with Crippen LogP contribution in [0.2, 0.25) is 0 Å². The van der Waals surface area contributed by atoms with Crippen LogP contribution in [-0.4, -0.2) is 12.6 Å². The molecule has 1 N–H and O–H groups in total. The van der Waals surface area contributed by atoms with E-state index in [-0.39, 0.29) is 0 Å². The molecule has 1 aromatic carbocycles. The van der Waals surface area contributed by atoms with E-state index in [4.69, 9.17) is 0 Å². The zero-order valence-electron chi connectivity index (χ0n) is 12.6. The van der Waals surface area contributed by atoms with Crippen molar-refractivity contribution in [3.05, 3.63) is 34.9 Å². The smallest absolute Gasteiger partial charge is 0.00701 e. The molecule has 1 heteroatoms. The Morgan fingerprint density at radius 3 is 2.50 bits per heavy atom. The predicted molar refractivity (Wildman–Crippen MR) is 81.2 cm³/mol. The first-order valence-electron chi connectivity index (χ1n) is 7.46. The van der Waals surface area contributed by atoms with E-state index in [2.05, 4.69) is 51.2 Å². The molecule has 0 saturated heterocycles. The van der Waals surface area contributed by atoms with Gasteiger partial charge in [0, 0.05) is 6.04 Å². The second-order valence-electron chi connectivity index (χ2n) is 5.41. The SMILES string of the molecule is CCCNC(CCC)CCc1cc(C)ccc1C. The third kappa shape index (κ3) is 5.22. The molecule has 102 valence electrons. The molecule has 0 bridgehead atoms. The Morgan fingerprint density at radius 1 is 1.06 bits per heavy atom. The zero-order chi connectivity index (χ0) is 13.4. The summed E-state index contributed by atoms with van der Waals surface area (Å²) in [6, 6.07) is 7.49. The summed E-state index contributed by atoms with van der Waals surface area (Å²) in [5, 5.41) is 3.67. The van der Waals surface area contributed by atoms with Gasteiger partial charge in [-0.15, -0.1) is 0 Å². The normalized spacial score (nSPS) is 12.7. The van der Waals surface area contributed by atoms with Crippen molar-refractivity contribution in [2.75, 3.05) is 6.54 Å². The summed E-state index contributed by atoms with van der Waals surface area (Å²) < 4.78 is 0. The van der Waals surface area contributed by atoms with Gasteiger partial charge in [-0.25, -0.2) is 0 Å². The lowest BCUT2D eigenvalue weighted by molar-refractivity contribution is 0.448. The minimum absolute atomic E-state index is 0.690. The van der Waals surface area contributed by atoms with Crippen molar-refractivity contribution >= 4 is 0 Å². The average Bonchev–Trinajstić information content (AvgIpc) is 2.36. The van der Waals surface area contributed by atoms with Crippen molar-refractivity contribution in [1.29, 1.82) is 0 Å². The Hall–Kier alpha value is -0.820. The molecule has 0 aliphatic carbocycles. The molecule has 0 saturated carbocycles. The molecule has 0 aromatic heterocycles. The maximum absolute atomic E-state index is 3.67. The van der Waals surface area contributed by atoms with Gasteiger partial charge in [0.1, 0.15) is 0 Å². The molecule has 0 amide bonds. The van der Waals surface area contributed by atoms with E-state index < -0.39 is 0 Å². The maximum Gasteiger partial charge on any atom is 0.00701 e. The highest BCUT2D eigenvalue weighted by Crippen LogP contribution is 2.15. The lowest BCUT2D eigenvalue weighted by Gasteiger charge is -2.18. The summed E-state index contributed by atoms with van der Waals surface area (Å²) in [6.45, 7) is 10.1. The van der Waals surface area contributed by atoms with Gasteiger partial charge in [-0.05, 0) is 57.2 Å². The molecular formula is C17H29N. The van der Waals surface area contributed by atoms with Gasteiger partial charge in [-0.3, -0.25) is 0 Å². The molecule has 1 unspecified atom stereocenters. The van der Waals surface area contributed by atoms with Crippen LogP contribution in [0, 0.1) is 13.8 Å². The topological polar surface area (TPSA) is 12.0 Å². The first kappa shape index (κ1) is 15.2. The lowest BCUT2D eigenvalue weighted by Crippen LogP contribution is -2.30. The summed E-state index contributed by atoms with van der Waals surface area (Å²) in [4.78, 5) is 0. The molecule has 0 aliphatic rings. The Bertz CT molecular complexity index is 343. The van der Waals surface area contributed by atoms with Gasteiger partial charge < -0.3 is 5.32 Å². The van der Waals surface area contributed by atoms with E-state index in [1.807, 2.05) is 0 Å². The van der Waals surface area contributed by atoms with Crippen molar-refractivity contribution in [3.8, 4) is 0 Å². The second-order valence-corrected chi connectivity index (χ2v) is 5.41. The number of nitrogens with one attached hydrogen (secondary N) is 1. The number of hydrogen-bond donors (Lipinski definition) is 1. The third-order valence-electron chi connectivity index (χ3n) is 3.59. The maximum atomic E-state index is 3.67. The fourth-order valence-corrected chi connectivity index (χ4v) is 2.44. The fraction of sp³-hybridized carbons (Fsp3) is 0.647. The van der Waals surface area contributed by atoms with E-state index in [1.165, 1.54) is 48.8 Å².